The molecule has 2 fully saturated rings. The zero-order chi connectivity index (χ0) is 11.0. The van der Waals surface area contributed by atoms with Gasteiger partial charge < -0.3 is 9.64 Å². The van der Waals surface area contributed by atoms with Crippen LogP contribution in [0.4, 0.5) is 4.79 Å². The number of amides is 1. The summed E-state index contributed by atoms with van der Waals surface area (Å²) < 4.78 is 5.02. The average Bonchev–Trinajstić information content (AvgIpc) is 2.70. The summed E-state index contributed by atoms with van der Waals surface area (Å²) in [5.41, 5.74) is 0. The van der Waals surface area contributed by atoms with Crippen LogP contribution >= 0.6 is 0 Å². The van der Waals surface area contributed by atoms with E-state index < -0.39 is 0 Å². The summed E-state index contributed by atoms with van der Waals surface area (Å²) >= 11 is 0. The van der Waals surface area contributed by atoms with Crippen molar-refractivity contribution >= 4 is 6.09 Å². The maximum Gasteiger partial charge on any atom is 0.409 e. The number of nitrogens with zero attached hydrogens (tertiary/aromatic N) is 2. The summed E-state index contributed by atoms with van der Waals surface area (Å²) in [6, 6.07) is 1.20. The molecule has 4 heteroatoms. The lowest BCUT2D eigenvalue weighted by Gasteiger charge is -2.23. The second kappa shape index (κ2) is 4.00. The maximum atomic E-state index is 11.5. The van der Waals surface area contributed by atoms with Gasteiger partial charge in [0.1, 0.15) is 0 Å². The summed E-state index contributed by atoms with van der Waals surface area (Å²) in [5.74, 6) is 0.648. The van der Waals surface area contributed by atoms with Gasteiger partial charge >= 0.3 is 6.09 Å². The molecule has 2 heterocycles. The standard InChI is InChI=1S/C11H20N2O2/c1-4-15-11(14)13-6-9-5-8(2)12(3)10(9)7-13/h8-10H,4-7H2,1-3H3. The Balaban J connectivity index is 1.94. The smallest absolute Gasteiger partial charge is 0.409 e. The van der Waals surface area contributed by atoms with E-state index in [0.29, 0.717) is 24.6 Å². The number of carbonyl (C=O) groups is 1. The Morgan fingerprint density at radius 1 is 1.47 bits per heavy atom. The zero-order valence-corrected chi connectivity index (χ0v) is 9.77. The van der Waals surface area contributed by atoms with Crippen LogP contribution in [0, 0.1) is 5.92 Å². The van der Waals surface area contributed by atoms with Gasteiger partial charge in [-0.15, -0.1) is 0 Å². The molecule has 4 nitrogen and oxygen atoms in total. The zero-order valence-electron chi connectivity index (χ0n) is 9.77. The van der Waals surface area contributed by atoms with Crippen LogP contribution < -0.4 is 0 Å². The predicted molar refractivity (Wildman–Crippen MR) is 57.7 cm³/mol. The van der Waals surface area contributed by atoms with Crippen LogP contribution in [0.25, 0.3) is 0 Å². The highest BCUT2D eigenvalue weighted by molar-refractivity contribution is 5.68. The van der Waals surface area contributed by atoms with E-state index in [1.165, 1.54) is 6.42 Å². The minimum atomic E-state index is -0.145. The predicted octanol–water partition coefficient (Wildman–Crippen LogP) is 1.17. The largest absolute Gasteiger partial charge is 0.450 e. The molecule has 15 heavy (non-hydrogen) atoms. The van der Waals surface area contributed by atoms with Gasteiger partial charge in [0.15, 0.2) is 0 Å². The Labute approximate surface area is 91.2 Å². The molecule has 0 aromatic rings. The molecule has 3 atom stereocenters. The Hall–Kier alpha value is -0.770. The summed E-state index contributed by atoms with van der Waals surface area (Å²) in [5, 5.41) is 0. The van der Waals surface area contributed by atoms with Crippen molar-refractivity contribution in [2.45, 2.75) is 32.4 Å². The first-order valence-electron chi connectivity index (χ1n) is 5.77. The molecule has 0 bridgehead atoms. The van der Waals surface area contributed by atoms with Crippen LogP contribution in [0.15, 0.2) is 0 Å². The number of likely N-dealkylation sites (N-methyl/N-ethyl adjacent to an activating group) is 1. The number of likely N-dealkylation sites (tertiary alicyclic amines) is 2. The van der Waals surface area contributed by atoms with Crippen molar-refractivity contribution in [3.63, 3.8) is 0 Å². The fourth-order valence-electron chi connectivity index (χ4n) is 2.84. The molecular weight excluding hydrogens is 192 g/mol. The third kappa shape index (κ3) is 1.83. The first-order chi connectivity index (χ1) is 7.13. The number of hydrogen-bond acceptors (Lipinski definition) is 3. The van der Waals surface area contributed by atoms with Crippen molar-refractivity contribution in [3.05, 3.63) is 0 Å². The van der Waals surface area contributed by atoms with Crippen molar-refractivity contribution in [1.82, 2.24) is 9.80 Å². The molecule has 0 aromatic carbocycles. The average molecular weight is 212 g/mol. The second-order valence-electron chi connectivity index (χ2n) is 4.68. The van der Waals surface area contributed by atoms with E-state index in [9.17, 15) is 4.79 Å². The van der Waals surface area contributed by atoms with Gasteiger partial charge in [0.2, 0.25) is 0 Å². The van der Waals surface area contributed by atoms with Crippen molar-refractivity contribution in [3.8, 4) is 0 Å². The van der Waals surface area contributed by atoms with Crippen molar-refractivity contribution in [2.75, 3.05) is 26.7 Å². The van der Waals surface area contributed by atoms with Crippen LogP contribution in [0.3, 0.4) is 0 Å². The summed E-state index contributed by atoms with van der Waals surface area (Å²) in [6.45, 7) is 6.29. The number of hydrogen-bond donors (Lipinski definition) is 0. The highest BCUT2D eigenvalue weighted by Gasteiger charge is 2.44. The van der Waals surface area contributed by atoms with Gasteiger partial charge in [0, 0.05) is 25.2 Å². The summed E-state index contributed by atoms with van der Waals surface area (Å²) in [7, 11) is 2.16. The SMILES string of the molecule is CCOC(=O)N1CC2CC(C)N(C)C2C1. The molecule has 0 spiro atoms. The molecule has 0 N–H and O–H groups in total. The fourth-order valence-corrected chi connectivity index (χ4v) is 2.84. The number of ether oxygens (including phenoxy) is 1. The van der Waals surface area contributed by atoms with E-state index in [-0.39, 0.29) is 6.09 Å². The van der Waals surface area contributed by atoms with Crippen LogP contribution in [-0.2, 0) is 4.74 Å². The monoisotopic (exact) mass is 212 g/mol. The molecule has 2 aliphatic heterocycles. The Morgan fingerprint density at radius 3 is 2.80 bits per heavy atom. The lowest BCUT2D eigenvalue weighted by Crippen LogP contribution is -2.37. The second-order valence-corrected chi connectivity index (χ2v) is 4.68. The van der Waals surface area contributed by atoms with Gasteiger partial charge in [-0.05, 0) is 33.2 Å². The maximum absolute atomic E-state index is 11.5. The van der Waals surface area contributed by atoms with Crippen molar-refractivity contribution < 1.29 is 9.53 Å². The Bertz CT molecular complexity index is 257. The van der Waals surface area contributed by atoms with Gasteiger partial charge in [-0.1, -0.05) is 0 Å². The topological polar surface area (TPSA) is 32.8 Å². The number of fused-ring (bicyclic) bond motifs is 1. The quantitative estimate of drug-likeness (QED) is 0.654. The summed E-state index contributed by atoms with van der Waals surface area (Å²) in [4.78, 5) is 15.8. The molecular formula is C11H20N2O2. The number of rotatable bonds is 1. The normalized spacial score (nSPS) is 35.7. The Kier molecular flexibility index (Phi) is 2.87. The first kappa shape index (κ1) is 10.7. The molecule has 86 valence electrons. The first-order valence-corrected chi connectivity index (χ1v) is 5.77. The molecule has 2 rings (SSSR count). The minimum absolute atomic E-state index is 0.145. The van der Waals surface area contributed by atoms with Crippen LogP contribution in [0.1, 0.15) is 20.3 Å². The molecule has 2 saturated heterocycles. The minimum Gasteiger partial charge on any atom is -0.450 e. The van der Waals surface area contributed by atoms with E-state index in [1.807, 2.05) is 11.8 Å². The van der Waals surface area contributed by atoms with E-state index in [1.54, 1.807) is 0 Å². The van der Waals surface area contributed by atoms with Gasteiger partial charge in [-0.25, -0.2) is 4.79 Å². The lowest BCUT2D eigenvalue weighted by molar-refractivity contribution is 0.109. The van der Waals surface area contributed by atoms with Crippen molar-refractivity contribution in [1.29, 1.82) is 0 Å². The summed E-state index contributed by atoms with van der Waals surface area (Å²) in [6.07, 6.45) is 1.06. The molecule has 0 saturated carbocycles. The van der Waals surface area contributed by atoms with Gasteiger partial charge in [-0.3, -0.25) is 4.90 Å². The van der Waals surface area contributed by atoms with Crippen molar-refractivity contribution in [2.24, 2.45) is 5.92 Å². The van der Waals surface area contributed by atoms with E-state index >= 15 is 0 Å². The molecule has 2 aliphatic rings. The molecule has 0 aromatic heterocycles. The molecule has 3 unspecified atom stereocenters. The van der Waals surface area contributed by atoms with E-state index in [0.717, 1.165) is 13.1 Å². The highest BCUT2D eigenvalue weighted by Crippen LogP contribution is 2.34. The lowest BCUT2D eigenvalue weighted by atomic mass is 10.0. The highest BCUT2D eigenvalue weighted by atomic mass is 16.6. The van der Waals surface area contributed by atoms with Gasteiger partial charge in [0.05, 0.1) is 6.61 Å². The van der Waals surface area contributed by atoms with Gasteiger partial charge in [-0.2, -0.15) is 0 Å². The fraction of sp³-hybridized carbons (Fsp3) is 0.909. The van der Waals surface area contributed by atoms with Crippen LogP contribution in [0.2, 0.25) is 0 Å². The molecule has 1 amide bonds. The Morgan fingerprint density at radius 2 is 2.20 bits per heavy atom. The van der Waals surface area contributed by atoms with E-state index in [4.69, 9.17) is 4.74 Å². The number of carbonyl (C=O) groups excluding carboxylic acids is 1. The third-order valence-electron chi connectivity index (χ3n) is 3.79. The van der Waals surface area contributed by atoms with E-state index in [2.05, 4.69) is 18.9 Å². The molecule has 0 radical (unpaired) electrons. The molecule has 0 aliphatic carbocycles. The third-order valence-corrected chi connectivity index (χ3v) is 3.79. The van der Waals surface area contributed by atoms with Gasteiger partial charge in [0.25, 0.3) is 0 Å². The van der Waals surface area contributed by atoms with Crippen LogP contribution in [-0.4, -0.2) is 54.7 Å². The van der Waals surface area contributed by atoms with Crippen LogP contribution in [0.5, 0.6) is 0 Å².